The minimum Gasteiger partial charge on any atom is -0.381 e. The van der Waals surface area contributed by atoms with Gasteiger partial charge in [0.1, 0.15) is 0 Å². The molecule has 4 nitrogen and oxygen atoms in total. The fraction of sp³-hybridized carbons (Fsp3) is 0.478. The molecule has 0 amide bonds. The third-order valence-corrected chi connectivity index (χ3v) is 5.93. The van der Waals surface area contributed by atoms with E-state index in [1.54, 1.807) is 0 Å². The highest BCUT2D eigenvalue weighted by atomic mass is 16.5. The maximum absolute atomic E-state index is 5.49. The quantitative estimate of drug-likeness (QED) is 0.822. The van der Waals surface area contributed by atoms with Crippen molar-refractivity contribution in [1.29, 1.82) is 0 Å². The molecule has 0 spiro atoms. The summed E-state index contributed by atoms with van der Waals surface area (Å²) in [5, 5.41) is 0. The summed E-state index contributed by atoms with van der Waals surface area (Å²) in [7, 11) is 2.27. The monoisotopic (exact) mass is 365 g/mol. The van der Waals surface area contributed by atoms with Crippen molar-refractivity contribution in [2.24, 2.45) is 11.8 Å². The average molecular weight is 366 g/mol. The minimum atomic E-state index is 0.368. The van der Waals surface area contributed by atoms with Gasteiger partial charge in [-0.1, -0.05) is 54.6 Å². The van der Waals surface area contributed by atoms with Crippen molar-refractivity contribution in [3.8, 4) is 11.1 Å². The van der Waals surface area contributed by atoms with E-state index in [9.17, 15) is 0 Å². The van der Waals surface area contributed by atoms with E-state index in [1.165, 1.54) is 36.1 Å². The maximum Gasteiger partial charge on any atom is 0.0515 e. The average Bonchev–Trinajstić information content (AvgIpc) is 3.17. The molecule has 2 atom stereocenters. The first kappa shape index (κ1) is 18.6. The van der Waals surface area contributed by atoms with Crippen LogP contribution in [0, 0.1) is 11.8 Å². The second-order valence-electron chi connectivity index (χ2n) is 8.03. The molecule has 2 fully saturated rings. The smallest absolute Gasteiger partial charge is 0.0515 e. The molecule has 2 aliphatic rings. The van der Waals surface area contributed by atoms with Gasteiger partial charge >= 0.3 is 0 Å². The van der Waals surface area contributed by atoms with Crippen LogP contribution in [0.2, 0.25) is 0 Å². The number of rotatable bonds is 6. The lowest BCUT2D eigenvalue weighted by molar-refractivity contribution is 0.0539. The lowest BCUT2D eigenvalue weighted by Gasteiger charge is -2.30. The Hall–Kier alpha value is -1.72. The van der Waals surface area contributed by atoms with Crippen LogP contribution in [-0.2, 0) is 4.74 Å². The van der Waals surface area contributed by atoms with Crippen LogP contribution >= 0.6 is 0 Å². The number of nitrogens with one attached hydrogen (secondary N) is 2. The Kier molecular flexibility index (Phi) is 6.20. The normalized spacial score (nSPS) is 23.8. The predicted octanol–water partition coefficient (Wildman–Crippen LogP) is 3.48. The number of hydrogen-bond acceptors (Lipinski definition) is 4. The van der Waals surface area contributed by atoms with Crippen LogP contribution < -0.4 is 10.9 Å². The highest BCUT2D eigenvalue weighted by Crippen LogP contribution is 2.28. The van der Waals surface area contributed by atoms with E-state index in [1.807, 2.05) is 0 Å². The van der Waals surface area contributed by atoms with Crippen LogP contribution in [0.15, 0.2) is 54.6 Å². The zero-order chi connectivity index (χ0) is 18.5. The van der Waals surface area contributed by atoms with Gasteiger partial charge in [-0.3, -0.25) is 5.43 Å². The fourth-order valence-corrected chi connectivity index (χ4v) is 4.42. The Morgan fingerprint density at radius 1 is 0.926 bits per heavy atom. The van der Waals surface area contributed by atoms with Crippen molar-refractivity contribution in [3.63, 3.8) is 0 Å². The van der Waals surface area contributed by atoms with Gasteiger partial charge in [-0.05, 0) is 42.5 Å². The third-order valence-electron chi connectivity index (χ3n) is 5.93. The summed E-state index contributed by atoms with van der Waals surface area (Å²) in [6.07, 6.45) is 2.41. The number of ether oxygens (including phenoxy) is 1. The zero-order valence-corrected chi connectivity index (χ0v) is 16.2. The molecule has 2 aliphatic heterocycles. The first-order valence-corrected chi connectivity index (χ1v) is 10.2. The van der Waals surface area contributed by atoms with E-state index in [2.05, 4.69) is 77.4 Å². The molecular weight excluding hydrogens is 334 g/mol. The van der Waals surface area contributed by atoms with E-state index in [4.69, 9.17) is 4.74 Å². The highest BCUT2D eigenvalue weighted by Gasteiger charge is 2.29. The Morgan fingerprint density at radius 2 is 1.63 bits per heavy atom. The number of benzene rings is 2. The van der Waals surface area contributed by atoms with Crippen LogP contribution in [-0.4, -0.2) is 44.8 Å². The zero-order valence-electron chi connectivity index (χ0n) is 16.2. The molecule has 4 rings (SSSR count). The van der Waals surface area contributed by atoms with Gasteiger partial charge < -0.3 is 9.64 Å². The molecule has 144 valence electrons. The first-order valence-electron chi connectivity index (χ1n) is 10.2. The van der Waals surface area contributed by atoms with E-state index in [0.717, 1.165) is 32.2 Å². The second kappa shape index (κ2) is 8.98. The SMILES string of the molecule is CN(CC1CCOCC1)CC1CNNC1c1ccc(-c2ccccc2)cc1. The number of nitrogens with zero attached hydrogens (tertiary/aromatic N) is 1. The standard InChI is InChI=1S/C23H31N3O/c1-26(16-18-11-13-27-14-12-18)17-22-15-24-25-23(22)21-9-7-20(8-10-21)19-5-3-2-4-6-19/h2-10,18,22-25H,11-17H2,1H3. The molecule has 4 heteroatoms. The summed E-state index contributed by atoms with van der Waals surface area (Å²) in [4.78, 5) is 2.51. The third kappa shape index (κ3) is 4.77. The molecule has 0 aliphatic carbocycles. The molecule has 2 saturated heterocycles. The molecule has 2 unspecified atom stereocenters. The fourth-order valence-electron chi connectivity index (χ4n) is 4.42. The predicted molar refractivity (Wildman–Crippen MR) is 110 cm³/mol. The lowest BCUT2D eigenvalue weighted by atomic mass is 9.92. The van der Waals surface area contributed by atoms with Gasteiger partial charge in [0.25, 0.3) is 0 Å². The van der Waals surface area contributed by atoms with E-state index < -0.39 is 0 Å². The van der Waals surface area contributed by atoms with Crippen LogP contribution in [0.5, 0.6) is 0 Å². The molecule has 0 saturated carbocycles. The van der Waals surface area contributed by atoms with Gasteiger partial charge in [0, 0.05) is 38.8 Å². The van der Waals surface area contributed by atoms with Crippen molar-refractivity contribution in [2.45, 2.75) is 18.9 Å². The van der Waals surface area contributed by atoms with Crippen molar-refractivity contribution >= 4 is 0 Å². The molecule has 2 N–H and O–H groups in total. The molecular formula is C23H31N3O. The lowest BCUT2D eigenvalue weighted by Crippen LogP contribution is -2.35. The number of hydrogen-bond donors (Lipinski definition) is 2. The topological polar surface area (TPSA) is 36.5 Å². The van der Waals surface area contributed by atoms with Gasteiger partial charge in [0.15, 0.2) is 0 Å². The minimum absolute atomic E-state index is 0.368. The van der Waals surface area contributed by atoms with E-state index in [0.29, 0.717) is 12.0 Å². The Morgan fingerprint density at radius 3 is 2.37 bits per heavy atom. The van der Waals surface area contributed by atoms with Gasteiger partial charge in [-0.2, -0.15) is 0 Å². The van der Waals surface area contributed by atoms with Crippen LogP contribution in [0.3, 0.4) is 0 Å². The highest BCUT2D eigenvalue weighted by molar-refractivity contribution is 5.63. The van der Waals surface area contributed by atoms with E-state index in [-0.39, 0.29) is 0 Å². The molecule has 0 aromatic heterocycles. The van der Waals surface area contributed by atoms with Crippen LogP contribution in [0.1, 0.15) is 24.4 Å². The van der Waals surface area contributed by atoms with Crippen LogP contribution in [0.25, 0.3) is 11.1 Å². The molecule has 2 aromatic rings. The van der Waals surface area contributed by atoms with Crippen LogP contribution in [0.4, 0.5) is 0 Å². The van der Waals surface area contributed by atoms with Crippen molar-refractivity contribution < 1.29 is 4.74 Å². The van der Waals surface area contributed by atoms with Gasteiger partial charge in [0.05, 0.1) is 6.04 Å². The maximum atomic E-state index is 5.49. The molecule has 0 bridgehead atoms. The van der Waals surface area contributed by atoms with Crippen molar-refractivity contribution in [3.05, 3.63) is 60.2 Å². The number of hydrazine groups is 1. The van der Waals surface area contributed by atoms with Crippen molar-refractivity contribution in [1.82, 2.24) is 15.8 Å². The summed E-state index contributed by atoms with van der Waals surface area (Å²) in [5.41, 5.74) is 10.8. The molecule has 27 heavy (non-hydrogen) atoms. The van der Waals surface area contributed by atoms with Gasteiger partial charge in [-0.25, -0.2) is 5.43 Å². The largest absolute Gasteiger partial charge is 0.381 e. The summed E-state index contributed by atoms with van der Waals surface area (Å²) < 4.78 is 5.49. The van der Waals surface area contributed by atoms with Gasteiger partial charge in [-0.15, -0.1) is 0 Å². The van der Waals surface area contributed by atoms with Gasteiger partial charge in [0.2, 0.25) is 0 Å². The molecule has 2 aromatic carbocycles. The summed E-state index contributed by atoms with van der Waals surface area (Å²) in [5.74, 6) is 1.37. The Balaban J connectivity index is 1.37. The summed E-state index contributed by atoms with van der Waals surface area (Å²) >= 11 is 0. The summed E-state index contributed by atoms with van der Waals surface area (Å²) in [6.45, 7) is 5.17. The summed E-state index contributed by atoms with van der Waals surface area (Å²) in [6, 6.07) is 20.0. The Bertz CT molecular complexity index is 697. The van der Waals surface area contributed by atoms with Crippen molar-refractivity contribution in [2.75, 3.05) is 39.9 Å². The second-order valence-corrected chi connectivity index (χ2v) is 8.03. The molecule has 2 heterocycles. The van der Waals surface area contributed by atoms with E-state index >= 15 is 0 Å². The Labute approximate surface area is 162 Å². The molecule has 0 radical (unpaired) electrons. The first-order chi connectivity index (χ1) is 13.3.